The first-order valence-electron chi connectivity index (χ1n) is 12.5. The Kier molecular flexibility index (Phi) is 7.09. The molecule has 0 radical (unpaired) electrons. The van der Waals surface area contributed by atoms with Crippen molar-refractivity contribution in [1.29, 1.82) is 0 Å². The van der Waals surface area contributed by atoms with Gasteiger partial charge in [0.2, 0.25) is 5.91 Å². The van der Waals surface area contributed by atoms with Crippen LogP contribution < -0.4 is 20.7 Å². The number of ether oxygens (including phenoxy) is 1. The van der Waals surface area contributed by atoms with Gasteiger partial charge in [-0.25, -0.2) is 4.79 Å². The topological polar surface area (TPSA) is 98.5 Å². The van der Waals surface area contributed by atoms with Gasteiger partial charge in [0.25, 0.3) is 0 Å². The number of aromatic nitrogens is 1. The third kappa shape index (κ3) is 6.10. The number of likely N-dealkylation sites (tertiary alicyclic amines) is 1. The molecule has 3 aromatic carbocycles. The van der Waals surface area contributed by atoms with Crippen molar-refractivity contribution in [3.8, 4) is 11.5 Å². The number of hydrogen-bond acceptors (Lipinski definition) is 4. The Morgan fingerprint density at radius 3 is 2.41 bits per heavy atom. The second kappa shape index (κ2) is 10.8. The largest absolute Gasteiger partial charge is 0.457 e. The molecule has 1 saturated heterocycles. The molecule has 0 aliphatic carbocycles. The highest BCUT2D eigenvalue weighted by Crippen LogP contribution is 2.29. The molecule has 4 aromatic rings. The van der Waals surface area contributed by atoms with Crippen LogP contribution in [0.5, 0.6) is 11.5 Å². The van der Waals surface area contributed by atoms with Crippen LogP contribution in [-0.4, -0.2) is 41.0 Å². The minimum Gasteiger partial charge on any atom is -0.457 e. The highest BCUT2D eigenvalue weighted by Gasteiger charge is 2.28. The number of carbonyl (C=O) groups is 2. The smallest absolute Gasteiger partial charge is 0.323 e. The minimum atomic E-state index is -0.318. The third-order valence-corrected chi connectivity index (χ3v) is 6.62. The number of aromatic amines is 1. The van der Waals surface area contributed by atoms with Gasteiger partial charge >= 0.3 is 6.03 Å². The fraction of sp³-hybridized carbons (Fsp3) is 0.241. The standard InChI is InChI=1S/C29H31N5O3/c1-19(34-15-14-24(18-34)30-20(2)35)28-17-21-16-23(10-13-27(21)33-28)32-29(36)31-22-8-11-26(12-9-22)37-25-6-4-3-5-7-25/h3-13,16-17,19,24,33H,14-15,18H2,1-2H3,(H,30,35)(H2,31,32,36). The number of rotatable bonds is 7. The molecule has 8 nitrogen and oxygen atoms in total. The van der Waals surface area contributed by atoms with Gasteiger partial charge in [0.1, 0.15) is 11.5 Å². The lowest BCUT2D eigenvalue weighted by Crippen LogP contribution is -2.36. The van der Waals surface area contributed by atoms with Crippen molar-refractivity contribution in [2.24, 2.45) is 0 Å². The van der Waals surface area contributed by atoms with Gasteiger partial charge in [-0.15, -0.1) is 0 Å². The van der Waals surface area contributed by atoms with Crippen LogP contribution >= 0.6 is 0 Å². The molecule has 3 amide bonds. The molecule has 37 heavy (non-hydrogen) atoms. The Morgan fingerprint density at radius 2 is 1.65 bits per heavy atom. The second-order valence-corrected chi connectivity index (χ2v) is 9.40. The van der Waals surface area contributed by atoms with Gasteiger partial charge in [0, 0.05) is 60.1 Å². The van der Waals surface area contributed by atoms with E-state index in [2.05, 4.69) is 38.8 Å². The quantitative estimate of drug-likeness (QED) is 0.256. The van der Waals surface area contributed by atoms with E-state index in [1.807, 2.05) is 60.7 Å². The highest BCUT2D eigenvalue weighted by atomic mass is 16.5. The van der Waals surface area contributed by atoms with E-state index in [1.165, 1.54) is 0 Å². The lowest BCUT2D eigenvalue weighted by molar-refractivity contribution is -0.119. The molecule has 1 aromatic heterocycles. The summed E-state index contributed by atoms with van der Waals surface area (Å²) in [7, 11) is 0. The number of hydrogen-bond donors (Lipinski definition) is 4. The van der Waals surface area contributed by atoms with Crippen LogP contribution in [0.2, 0.25) is 0 Å². The van der Waals surface area contributed by atoms with Gasteiger partial charge in [-0.3, -0.25) is 9.69 Å². The maximum atomic E-state index is 12.6. The van der Waals surface area contributed by atoms with Crippen LogP contribution in [0.25, 0.3) is 10.9 Å². The maximum Gasteiger partial charge on any atom is 0.323 e. The van der Waals surface area contributed by atoms with Crippen molar-refractivity contribution in [2.45, 2.75) is 32.4 Å². The third-order valence-electron chi connectivity index (χ3n) is 6.62. The number of nitrogens with one attached hydrogen (secondary N) is 4. The molecule has 1 aliphatic rings. The predicted octanol–water partition coefficient (Wildman–Crippen LogP) is 5.88. The van der Waals surface area contributed by atoms with Crippen molar-refractivity contribution in [2.75, 3.05) is 23.7 Å². The summed E-state index contributed by atoms with van der Waals surface area (Å²) in [6.45, 7) is 5.51. The average molecular weight is 498 g/mol. The molecule has 0 spiro atoms. The molecule has 1 aliphatic heterocycles. The Hall–Kier alpha value is -4.30. The highest BCUT2D eigenvalue weighted by molar-refractivity contribution is 6.01. The van der Waals surface area contributed by atoms with E-state index in [0.29, 0.717) is 17.1 Å². The number of carbonyl (C=O) groups excluding carboxylic acids is 2. The van der Waals surface area contributed by atoms with Gasteiger partial charge in [-0.2, -0.15) is 0 Å². The van der Waals surface area contributed by atoms with Crippen molar-refractivity contribution in [1.82, 2.24) is 15.2 Å². The van der Waals surface area contributed by atoms with Gasteiger partial charge in [0.15, 0.2) is 0 Å². The van der Waals surface area contributed by atoms with Crippen LogP contribution in [0.15, 0.2) is 78.9 Å². The molecule has 1 fully saturated rings. The predicted molar refractivity (Wildman–Crippen MR) is 146 cm³/mol. The molecule has 4 N–H and O–H groups in total. The number of anilines is 2. The molecule has 8 heteroatoms. The number of fused-ring (bicyclic) bond motifs is 1. The Bertz CT molecular complexity index is 1380. The fourth-order valence-electron chi connectivity index (χ4n) is 4.72. The first-order valence-corrected chi connectivity index (χ1v) is 12.5. The van der Waals surface area contributed by atoms with Crippen molar-refractivity contribution >= 4 is 34.2 Å². The van der Waals surface area contributed by atoms with Gasteiger partial charge in [-0.05, 0) is 74.0 Å². The van der Waals surface area contributed by atoms with Crippen LogP contribution in [0.4, 0.5) is 16.2 Å². The molecule has 190 valence electrons. The molecule has 5 rings (SSSR count). The fourth-order valence-corrected chi connectivity index (χ4v) is 4.72. The zero-order chi connectivity index (χ0) is 25.8. The number of nitrogens with zero attached hydrogens (tertiary/aromatic N) is 1. The first-order chi connectivity index (χ1) is 17.9. The van der Waals surface area contributed by atoms with Gasteiger partial charge < -0.3 is 25.7 Å². The van der Waals surface area contributed by atoms with Crippen molar-refractivity contribution in [3.63, 3.8) is 0 Å². The van der Waals surface area contributed by atoms with E-state index in [-0.39, 0.29) is 24.0 Å². The molecule has 2 unspecified atom stereocenters. The summed E-state index contributed by atoms with van der Waals surface area (Å²) in [6.07, 6.45) is 0.954. The number of amides is 3. The summed E-state index contributed by atoms with van der Waals surface area (Å²) in [5, 5.41) is 9.81. The SMILES string of the molecule is CC(=O)NC1CCN(C(C)c2cc3cc(NC(=O)Nc4ccc(Oc5ccccc5)cc4)ccc3[nH]2)C1. The molecule has 2 heterocycles. The zero-order valence-corrected chi connectivity index (χ0v) is 21.0. The van der Waals surface area contributed by atoms with Crippen molar-refractivity contribution < 1.29 is 14.3 Å². The number of urea groups is 1. The van der Waals surface area contributed by atoms with Crippen molar-refractivity contribution in [3.05, 3.63) is 84.6 Å². The molecule has 2 atom stereocenters. The van der Waals surface area contributed by atoms with E-state index in [4.69, 9.17) is 4.74 Å². The summed E-state index contributed by atoms with van der Waals surface area (Å²) in [5.74, 6) is 1.47. The van der Waals surface area contributed by atoms with E-state index < -0.39 is 0 Å². The first kappa shape index (κ1) is 24.4. The van der Waals surface area contributed by atoms with Gasteiger partial charge in [-0.1, -0.05) is 18.2 Å². The Morgan fingerprint density at radius 1 is 0.946 bits per heavy atom. The van der Waals surface area contributed by atoms with Crippen LogP contribution in [0.1, 0.15) is 32.0 Å². The molecular formula is C29H31N5O3. The molecular weight excluding hydrogens is 466 g/mol. The van der Waals surface area contributed by atoms with E-state index in [9.17, 15) is 9.59 Å². The molecule has 0 saturated carbocycles. The maximum absolute atomic E-state index is 12.6. The molecule has 0 bridgehead atoms. The average Bonchev–Trinajstić information content (AvgIpc) is 3.52. The lowest BCUT2D eigenvalue weighted by atomic mass is 10.2. The second-order valence-electron chi connectivity index (χ2n) is 9.40. The summed E-state index contributed by atoms with van der Waals surface area (Å²) >= 11 is 0. The van der Waals surface area contributed by atoms with Gasteiger partial charge in [0.05, 0.1) is 0 Å². The minimum absolute atomic E-state index is 0.0169. The van der Waals surface area contributed by atoms with E-state index in [1.54, 1.807) is 19.1 Å². The normalized spacial score (nSPS) is 16.3. The van der Waals surface area contributed by atoms with Crippen LogP contribution in [0.3, 0.4) is 0 Å². The van der Waals surface area contributed by atoms with Crippen LogP contribution in [-0.2, 0) is 4.79 Å². The zero-order valence-electron chi connectivity index (χ0n) is 21.0. The Labute approximate surface area is 216 Å². The number of H-pyrrole nitrogens is 1. The summed E-state index contributed by atoms with van der Waals surface area (Å²) < 4.78 is 5.80. The Balaban J connectivity index is 1.18. The number of benzene rings is 3. The lowest BCUT2D eigenvalue weighted by Gasteiger charge is -2.23. The summed E-state index contributed by atoms with van der Waals surface area (Å²) in [5.41, 5.74) is 3.50. The van der Waals surface area contributed by atoms with E-state index >= 15 is 0 Å². The summed E-state index contributed by atoms with van der Waals surface area (Å²) in [4.78, 5) is 29.8. The van der Waals surface area contributed by atoms with Crippen LogP contribution in [0, 0.1) is 0 Å². The van der Waals surface area contributed by atoms with E-state index in [0.717, 1.165) is 41.9 Å². The number of para-hydroxylation sites is 1. The summed E-state index contributed by atoms with van der Waals surface area (Å²) in [6, 6.07) is 24.8. The monoisotopic (exact) mass is 497 g/mol.